The molecule has 20 heavy (non-hydrogen) atoms. The first-order valence-corrected chi connectivity index (χ1v) is 7.50. The highest BCUT2D eigenvalue weighted by Gasteiger charge is 2.18. The summed E-state index contributed by atoms with van der Waals surface area (Å²) < 4.78 is 0. The molecule has 1 fully saturated rings. The van der Waals surface area contributed by atoms with Crippen LogP contribution in [0.2, 0.25) is 0 Å². The van der Waals surface area contributed by atoms with Gasteiger partial charge >= 0.3 is 0 Å². The molecule has 0 aromatic carbocycles. The lowest BCUT2D eigenvalue weighted by molar-refractivity contribution is -0.127. The molecule has 1 amide bonds. The largest absolute Gasteiger partial charge is 0.357 e. The summed E-state index contributed by atoms with van der Waals surface area (Å²) in [5, 5.41) is 6.61. The van der Waals surface area contributed by atoms with Gasteiger partial charge < -0.3 is 15.5 Å². The molecular formula is C14H29IN4O. The number of carbonyl (C=O) groups is 1. The Hall–Kier alpha value is -0.530. The van der Waals surface area contributed by atoms with Crippen LogP contribution in [0.5, 0.6) is 0 Å². The average molecular weight is 396 g/mol. The van der Waals surface area contributed by atoms with Gasteiger partial charge in [0.15, 0.2) is 5.96 Å². The predicted molar refractivity (Wildman–Crippen MR) is 94.7 cm³/mol. The van der Waals surface area contributed by atoms with Gasteiger partial charge in [0.2, 0.25) is 5.91 Å². The molecule has 1 unspecified atom stereocenters. The summed E-state index contributed by atoms with van der Waals surface area (Å²) in [7, 11) is 0. The highest BCUT2D eigenvalue weighted by molar-refractivity contribution is 14.0. The van der Waals surface area contributed by atoms with E-state index < -0.39 is 0 Å². The monoisotopic (exact) mass is 396 g/mol. The molecule has 1 heterocycles. The van der Waals surface area contributed by atoms with Crippen molar-refractivity contribution >= 4 is 35.8 Å². The van der Waals surface area contributed by atoms with Gasteiger partial charge in [0.25, 0.3) is 0 Å². The number of rotatable bonds is 7. The Labute approximate surface area is 140 Å². The second-order valence-electron chi connectivity index (χ2n) is 5.05. The second kappa shape index (κ2) is 11.2. The molecular weight excluding hydrogens is 367 g/mol. The summed E-state index contributed by atoms with van der Waals surface area (Å²) in [5.41, 5.74) is 0. The van der Waals surface area contributed by atoms with Gasteiger partial charge in [0.1, 0.15) is 0 Å². The smallest absolute Gasteiger partial charge is 0.222 e. The third-order valence-corrected chi connectivity index (χ3v) is 3.37. The molecule has 5 nitrogen and oxygen atoms in total. The highest BCUT2D eigenvalue weighted by Crippen LogP contribution is 2.09. The third-order valence-electron chi connectivity index (χ3n) is 3.37. The summed E-state index contributed by atoms with van der Waals surface area (Å²) in [5.74, 6) is 1.18. The van der Waals surface area contributed by atoms with Gasteiger partial charge in [-0.3, -0.25) is 9.79 Å². The number of likely N-dealkylation sites (tertiary alicyclic amines) is 1. The molecule has 0 radical (unpaired) electrons. The van der Waals surface area contributed by atoms with E-state index in [-0.39, 0.29) is 24.0 Å². The normalized spacial score (nSPS) is 16.9. The Morgan fingerprint density at radius 3 is 2.75 bits per heavy atom. The zero-order chi connectivity index (χ0) is 14.1. The molecule has 0 bridgehead atoms. The predicted octanol–water partition coefficient (Wildman–Crippen LogP) is 1.97. The number of amides is 1. The minimum Gasteiger partial charge on any atom is -0.357 e. The number of nitrogens with one attached hydrogen (secondary N) is 2. The lowest BCUT2D eigenvalue weighted by Crippen LogP contribution is -2.42. The van der Waals surface area contributed by atoms with Crippen molar-refractivity contribution in [1.29, 1.82) is 0 Å². The molecule has 0 saturated carbocycles. The Bertz CT molecular complexity index is 310. The molecule has 0 spiro atoms. The third kappa shape index (κ3) is 7.31. The van der Waals surface area contributed by atoms with Gasteiger partial charge in [0, 0.05) is 38.6 Å². The van der Waals surface area contributed by atoms with E-state index in [1.165, 1.54) is 0 Å². The molecule has 0 aromatic heterocycles. The number of hydrogen-bond acceptors (Lipinski definition) is 2. The number of hydrogen-bond donors (Lipinski definition) is 2. The number of carbonyl (C=O) groups excluding carboxylic acids is 1. The zero-order valence-corrected chi connectivity index (χ0v) is 15.3. The van der Waals surface area contributed by atoms with Crippen LogP contribution in [0.25, 0.3) is 0 Å². The second-order valence-corrected chi connectivity index (χ2v) is 5.05. The van der Waals surface area contributed by atoms with Crippen molar-refractivity contribution in [2.24, 2.45) is 4.99 Å². The molecule has 6 heteroatoms. The SMILES string of the molecule is CCNC(=NCCCN1CCCC1=O)NC(C)CC.I. The Kier molecular flexibility index (Phi) is 10.9. The van der Waals surface area contributed by atoms with E-state index >= 15 is 0 Å². The maximum absolute atomic E-state index is 11.5. The lowest BCUT2D eigenvalue weighted by atomic mass is 10.3. The summed E-state index contributed by atoms with van der Waals surface area (Å²) in [6.07, 6.45) is 3.75. The molecule has 1 aliphatic heterocycles. The van der Waals surface area contributed by atoms with Crippen LogP contribution in [-0.2, 0) is 4.79 Å². The first kappa shape index (κ1) is 19.5. The molecule has 1 atom stereocenters. The van der Waals surface area contributed by atoms with Gasteiger partial charge in [-0.15, -0.1) is 24.0 Å². The van der Waals surface area contributed by atoms with E-state index in [1.807, 2.05) is 4.90 Å². The molecule has 1 rings (SSSR count). The number of aliphatic imine (C=N–C) groups is 1. The minimum absolute atomic E-state index is 0. The maximum atomic E-state index is 11.5. The highest BCUT2D eigenvalue weighted by atomic mass is 127. The van der Waals surface area contributed by atoms with Gasteiger partial charge in [-0.05, 0) is 33.1 Å². The van der Waals surface area contributed by atoms with E-state index in [0.29, 0.717) is 11.9 Å². The van der Waals surface area contributed by atoms with Crippen molar-refractivity contribution in [3.63, 3.8) is 0 Å². The van der Waals surface area contributed by atoms with Crippen LogP contribution >= 0.6 is 24.0 Å². The first-order chi connectivity index (χ1) is 9.17. The van der Waals surface area contributed by atoms with Crippen LogP contribution in [0.3, 0.4) is 0 Å². The number of nitrogens with zero attached hydrogens (tertiary/aromatic N) is 2. The van der Waals surface area contributed by atoms with Crippen LogP contribution in [-0.4, -0.2) is 49.0 Å². The van der Waals surface area contributed by atoms with Gasteiger partial charge in [-0.1, -0.05) is 6.92 Å². The van der Waals surface area contributed by atoms with Gasteiger partial charge in [-0.25, -0.2) is 0 Å². The van der Waals surface area contributed by atoms with E-state index in [0.717, 1.165) is 57.8 Å². The Morgan fingerprint density at radius 1 is 1.45 bits per heavy atom. The number of guanidine groups is 1. The van der Waals surface area contributed by atoms with Crippen LogP contribution in [0.15, 0.2) is 4.99 Å². The quantitative estimate of drug-likeness (QED) is 0.300. The van der Waals surface area contributed by atoms with E-state index in [2.05, 4.69) is 36.4 Å². The standard InChI is InChI=1S/C14H28N4O.HI/c1-4-12(3)17-14(15-5-2)16-9-7-11-18-10-6-8-13(18)19;/h12H,4-11H2,1-3H3,(H2,15,16,17);1H. The van der Waals surface area contributed by atoms with Crippen LogP contribution in [0, 0.1) is 0 Å². The first-order valence-electron chi connectivity index (χ1n) is 7.50. The van der Waals surface area contributed by atoms with Crippen molar-refractivity contribution in [1.82, 2.24) is 15.5 Å². The van der Waals surface area contributed by atoms with Crippen molar-refractivity contribution in [3.8, 4) is 0 Å². The summed E-state index contributed by atoms with van der Waals surface area (Å²) in [6.45, 7) is 9.76. The number of halogens is 1. The Morgan fingerprint density at radius 2 is 2.20 bits per heavy atom. The van der Waals surface area contributed by atoms with E-state index in [9.17, 15) is 4.79 Å². The molecule has 1 saturated heterocycles. The van der Waals surface area contributed by atoms with Crippen molar-refractivity contribution in [2.45, 2.75) is 52.5 Å². The molecule has 0 aliphatic carbocycles. The van der Waals surface area contributed by atoms with Gasteiger partial charge in [0.05, 0.1) is 0 Å². The minimum atomic E-state index is 0. The van der Waals surface area contributed by atoms with Crippen LogP contribution in [0.4, 0.5) is 0 Å². The fraction of sp³-hybridized carbons (Fsp3) is 0.857. The fourth-order valence-corrected chi connectivity index (χ4v) is 2.05. The van der Waals surface area contributed by atoms with E-state index in [1.54, 1.807) is 0 Å². The van der Waals surface area contributed by atoms with E-state index in [4.69, 9.17) is 0 Å². The van der Waals surface area contributed by atoms with Gasteiger partial charge in [-0.2, -0.15) is 0 Å². The summed E-state index contributed by atoms with van der Waals surface area (Å²) in [4.78, 5) is 17.9. The van der Waals surface area contributed by atoms with Crippen LogP contribution in [0.1, 0.15) is 46.5 Å². The topological polar surface area (TPSA) is 56.7 Å². The lowest BCUT2D eigenvalue weighted by Gasteiger charge is -2.17. The Balaban J connectivity index is 0.00000361. The van der Waals surface area contributed by atoms with Crippen molar-refractivity contribution < 1.29 is 4.79 Å². The fourth-order valence-electron chi connectivity index (χ4n) is 2.05. The summed E-state index contributed by atoms with van der Waals surface area (Å²) >= 11 is 0. The average Bonchev–Trinajstić information content (AvgIpc) is 2.80. The molecule has 2 N–H and O–H groups in total. The van der Waals surface area contributed by atoms with Crippen LogP contribution < -0.4 is 10.6 Å². The maximum Gasteiger partial charge on any atom is 0.222 e. The molecule has 118 valence electrons. The molecule has 0 aromatic rings. The molecule has 1 aliphatic rings. The van der Waals surface area contributed by atoms with Crippen molar-refractivity contribution in [2.75, 3.05) is 26.2 Å². The summed E-state index contributed by atoms with van der Waals surface area (Å²) in [6, 6.07) is 0.429. The van der Waals surface area contributed by atoms with Crippen molar-refractivity contribution in [3.05, 3.63) is 0 Å². The zero-order valence-electron chi connectivity index (χ0n) is 12.9.